The van der Waals surface area contributed by atoms with Crippen LogP contribution in [0.15, 0.2) is 54.6 Å². The Kier molecular flexibility index (Phi) is 7.79. The Bertz CT molecular complexity index is 770. The number of nitrogens with two attached hydrogens (primary N) is 1. The Morgan fingerprint density at radius 2 is 1.74 bits per heavy atom. The Labute approximate surface area is 164 Å². The highest BCUT2D eigenvalue weighted by Gasteiger charge is 2.30. The molecule has 1 heterocycles. The van der Waals surface area contributed by atoms with Gasteiger partial charge in [-0.05, 0) is 30.5 Å². The van der Waals surface area contributed by atoms with Gasteiger partial charge in [-0.1, -0.05) is 42.5 Å². The molecule has 1 saturated heterocycles. The minimum atomic E-state index is -0.524. The van der Waals surface area contributed by atoms with Crippen LogP contribution in [0.5, 0.6) is 0 Å². The van der Waals surface area contributed by atoms with Crippen molar-refractivity contribution in [2.24, 2.45) is 5.73 Å². The molecule has 2 aromatic rings. The molecule has 7 heteroatoms. The van der Waals surface area contributed by atoms with Crippen LogP contribution in [0.2, 0.25) is 0 Å². The van der Waals surface area contributed by atoms with Crippen molar-refractivity contribution in [1.82, 2.24) is 5.32 Å². The fraction of sp³-hybridized carbons (Fsp3) is 0.300. The van der Waals surface area contributed by atoms with E-state index in [1.165, 1.54) is 0 Å². The summed E-state index contributed by atoms with van der Waals surface area (Å²) >= 11 is 0. The summed E-state index contributed by atoms with van der Waals surface area (Å²) in [5, 5.41) is 5.69. The molecular weight excluding hydrogens is 366 g/mol. The zero-order chi connectivity index (χ0) is 18.4. The van der Waals surface area contributed by atoms with Crippen molar-refractivity contribution < 1.29 is 14.3 Å². The van der Waals surface area contributed by atoms with Gasteiger partial charge in [0.15, 0.2) is 0 Å². The molecule has 1 aliphatic rings. The van der Waals surface area contributed by atoms with Gasteiger partial charge in [0.25, 0.3) is 11.8 Å². The second-order valence-corrected chi connectivity index (χ2v) is 6.26. The number of halogens is 1. The molecular formula is C20H24ClN3O3. The van der Waals surface area contributed by atoms with E-state index in [1.807, 2.05) is 30.3 Å². The molecule has 0 unspecified atom stereocenters. The summed E-state index contributed by atoms with van der Waals surface area (Å²) < 4.78 is 5.61. The number of hydrogen-bond donors (Lipinski definition) is 3. The molecule has 3 rings (SSSR count). The van der Waals surface area contributed by atoms with Crippen LogP contribution < -0.4 is 16.4 Å². The second-order valence-electron chi connectivity index (χ2n) is 6.26. The summed E-state index contributed by atoms with van der Waals surface area (Å²) in [5.74, 6) is -0.485. The average Bonchev–Trinajstić information content (AvgIpc) is 3.17. The Morgan fingerprint density at radius 3 is 2.44 bits per heavy atom. The smallest absolute Gasteiger partial charge is 0.253 e. The van der Waals surface area contributed by atoms with Crippen molar-refractivity contribution in [3.05, 3.63) is 65.7 Å². The van der Waals surface area contributed by atoms with Crippen LogP contribution in [0.25, 0.3) is 0 Å². The number of anilines is 1. The van der Waals surface area contributed by atoms with Gasteiger partial charge in [0, 0.05) is 13.1 Å². The first-order valence-electron chi connectivity index (χ1n) is 8.75. The van der Waals surface area contributed by atoms with Gasteiger partial charge in [0.1, 0.15) is 6.10 Å². The van der Waals surface area contributed by atoms with Crippen molar-refractivity contribution in [2.45, 2.75) is 31.6 Å². The molecule has 1 aliphatic heterocycles. The lowest BCUT2D eigenvalue weighted by Gasteiger charge is -2.15. The molecule has 0 radical (unpaired) electrons. The lowest BCUT2D eigenvalue weighted by atomic mass is 10.1. The summed E-state index contributed by atoms with van der Waals surface area (Å²) in [7, 11) is 0. The van der Waals surface area contributed by atoms with Crippen LogP contribution in [-0.2, 0) is 16.1 Å². The number of nitrogens with one attached hydrogen (secondary N) is 2. The summed E-state index contributed by atoms with van der Waals surface area (Å²) in [4.78, 5) is 25.0. The van der Waals surface area contributed by atoms with E-state index >= 15 is 0 Å². The summed E-state index contributed by atoms with van der Waals surface area (Å²) in [6.07, 6.45) is 0.809. The first-order valence-corrected chi connectivity index (χ1v) is 8.75. The van der Waals surface area contributed by atoms with Crippen molar-refractivity contribution >= 4 is 29.9 Å². The highest BCUT2D eigenvalue weighted by atomic mass is 35.5. The van der Waals surface area contributed by atoms with E-state index < -0.39 is 6.10 Å². The number of amides is 2. The minimum absolute atomic E-state index is 0. The van der Waals surface area contributed by atoms with Crippen LogP contribution in [0.4, 0.5) is 5.69 Å². The molecule has 0 bridgehead atoms. The van der Waals surface area contributed by atoms with Crippen LogP contribution in [0.1, 0.15) is 28.8 Å². The molecule has 4 N–H and O–H groups in total. The fourth-order valence-corrected chi connectivity index (χ4v) is 2.95. The monoisotopic (exact) mass is 389 g/mol. The van der Waals surface area contributed by atoms with E-state index in [1.54, 1.807) is 24.3 Å². The second kappa shape index (κ2) is 10.1. The van der Waals surface area contributed by atoms with Gasteiger partial charge < -0.3 is 21.1 Å². The third-order valence-corrected chi connectivity index (χ3v) is 4.39. The predicted molar refractivity (Wildman–Crippen MR) is 107 cm³/mol. The van der Waals surface area contributed by atoms with Crippen molar-refractivity contribution in [3.63, 3.8) is 0 Å². The van der Waals surface area contributed by atoms with E-state index in [0.717, 1.165) is 12.0 Å². The molecule has 0 saturated carbocycles. The molecule has 144 valence electrons. The maximum Gasteiger partial charge on any atom is 0.253 e. The molecule has 2 amide bonds. The van der Waals surface area contributed by atoms with Gasteiger partial charge >= 0.3 is 0 Å². The lowest BCUT2D eigenvalue weighted by molar-refractivity contribution is -0.126. The Balaban J connectivity index is 0.00000261. The maximum atomic E-state index is 12.5. The third-order valence-electron chi connectivity index (χ3n) is 4.39. The molecule has 0 spiro atoms. The minimum Gasteiger partial charge on any atom is -0.364 e. The first kappa shape index (κ1) is 20.9. The van der Waals surface area contributed by atoms with Crippen molar-refractivity contribution in [2.75, 3.05) is 11.9 Å². The van der Waals surface area contributed by atoms with Crippen LogP contribution in [0.3, 0.4) is 0 Å². The van der Waals surface area contributed by atoms with Gasteiger partial charge in [0.05, 0.1) is 17.4 Å². The summed E-state index contributed by atoms with van der Waals surface area (Å²) in [6, 6.07) is 16.6. The normalized spacial score (nSPS) is 18.4. The number of hydrogen-bond acceptors (Lipinski definition) is 4. The molecule has 2 atom stereocenters. The molecule has 2 aromatic carbocycles. The van der Waals surface area contributed by atoms with Crippen molar-refractivity contribution in [3.8, 4) is 0 Å². The number of para-hydroxylation sites is 1. The highest BCUT2D eigenvalue weighted by molar-refractivity contribution is 6.04. The van der Waals surface area contributed by atoms with Crippen LogP contribution in [0, 0.1) is 0 Å². The average molecular weight is 390 g/mol. The molecule has 0 aromatic heterocycles. The quantitative estimate of drug-likeness (QED) is 0.707. The van der Waals surface area contributed by atoms with E-state index in [0.29, 0.717) is 30.8 Å². The van der Waals surface area contributed by atoms with E-state index in [4.69, 9.17) is 10.5 Å². The predicted octanol–water partition coefficient (Wildman–Crippen LogP) is 2.48. The SMILES string of the molecule is Cl.NC[C@H]1CC[C@@H](C(=O)Nc2ccccc2C(=O)NCc2ccccc2)O1. The molecule has 6 nitrogen and oxygen atoms in total. The van der Waals surface area contributed by atoms with Gasteiger partial charge in [-0.3, -0.25) is 9.59 Å². The molecule has 1 fully saturated rings. The van der Waals surface area contributed by atoms with Crippen LogP contribution in [-0.4, -0.2) is 30.6 Å². The van der Waals surface area contributed by atoms with Gasteiger partial charge in [0.2, 0.25) is 0 Å². The summed E-state index contributed by atoms with van der Waals surface area (Å²) in [6.45, 7) is 0.828. The van der Waals surface area contributed by atoms with E-state index in [9.17, 15) is 9.59 Å². The zero-order valence-corrected chi connectivity index (χ0v) is 15.7. The van der Waals surface area contributed by atoms with Gasteiger partial charge in [-0.2, -0.15) is 0 Å². The number of carbonyl (C=O) groups is 2. The summed E-state index contributed by atoms with van der Waals surface area (Å²) in [5.41, 5.74) is 7.49. The van der Waals surface area contributed by atoms with E-state index in [-0.39, 0.29) is 30.3 Å². The maximum absolute atomic E-state index is 12.5. The number of benzene rings is 2. The van der Waals surface area contributed by atoms with Gasteiger partial charge in [-0.15, -0.1) is 12.4 Å². The largest absolute Gasteiger partial charge is 0.364 e. The topological polar surface area (TPSA) is 93.5 Å². The van der Waals surface area contributed by atoms with Crippen LogP contribution >= 0.6 is 12.4 Å². The van der Waals surface area contributed by atoms with E-state index in [2.05, 4.69) is 10.6 Å². The fourth-order valence-electron chi connectivity index (χ4n) is 2.95. The van der Waals surface area contributed by atoms with Crippen molar-refractivity contribution in [1.29, 1.82) is 0 Å². The Morgan fingerprint density at radius 1 is 1.04 bits per heavy atom. The Hall–Kier alpha value is -2.41. The standard InChI is InChI=1S/C20H23N3O3.ClH/c21-12-15-10-11-18(26-15)20(25)23-17-9-5-4-8-16(17)19(24)22-13-14-6-2-1-3-7-14;/h1-9,15,18H,10-13,21H2,(H,22,24)(H,23,25);1H/t15-,18+;/m1./s1. The number of carbonyl (C=O) groups excluding carboxylic acids is 2. The lowest BCUT2D eigenvalue weighted by Crippen LogP contribution is -2.31. The van der Waals surface area contributed by atoms with Gasteiger partial charge in [-0.25, -0.2) is 0 Å². The molecule has 27 heavy (non-hydrogen) atoms. The number of rotatable bonds is 6. The number of ether oxygens (including phenoxy) is 1. The first-order chi connectivity index (χ1) is 12.7. The third kappa shape index (κ3) is 5.53. The molecule has 0 aliphatic carbocycles. The highest BCUT2D eigenvalue weighted by Crippen LogP contribution is 2.22. The zero-order valence-electron chi connectivity index (χ0n) is 14.9.